The molecule has 0 saturated carbocycles. The number of nitrogens with two attached hydrogens (primary N) is 1. The molecule has 0 bridgehead atoms. The third-order valence-electron chi connectivity index (χ3n) is 2.69. The van der Waals surface area contributed by atoms with Crippen molar-refractivity contribution in [3.63, 3.8) is 0 Å². The summed E-state index contributed by atoms with van der Waals surface area (Å²) in [5, 5.41) is 0.390. The van der Waals surface area contributed by atoms with Crippen molar-refractivity contribution in [2.75, 3.05) is 0 Å². The van der Waals surface area contributed by atoms with Crippen LogP contribution in [0.15, 0.2) is 47.5 Å². The fourth-order valence-electron chi connectivity index (χ4n) is 1.71. The number of Topliss-reactive ketones (excluding diaryl/α,β-unsaturated/α-hetero) is 1. The van der Waals surface area contributed by atoms with Crippen LogP contribution in [0.25, 0.3) is 0 Å². The predicted octanol–water partition coefficient (Wildman–Crippen LogP) is 3.88. The van der Waals surface area contributed by atoms with E-state index in [0.717, 1.165) is 12.1 Å². The molecule has 0 heterocycles. The molecule has 0 fully saturated rings. The summed E-state index contributed by atoms with van der Waals surface area (Å²) >= 11 is 5.92. The fourth-order valence-corrected chi connectivity index (χ4v) is 1.89. The van der Waals surface area contributed by atoms with Crippen LogP contribution in [0, 0.1) is 11.6 Å². The number of halogens is 3. The Labute approximate surface area is 125 Å². The molecule has 0 radical (unpaired) electrons. The summed E-state index contributed by atoms with van der Waals surface area (Å²) in [5.74, 6) is -2.26. The first kappa shape index (κ1) is 15.1. The summed E-state index contributed by atoms with van der Waals surface area (Å²) in [6, 6.07) is 9.46. The van der Waals surface area contributed by atoms with Crippen molar-refractivity contribution in [1.82, 2.24) is 0 Å². The van der Waals surface area contributed by atoms with Crippen LogP contribution in [0.4, 0.5) is 14.5 Å². The maximum atomic E-state index is 13.5. The summed E-state index contributed by atoms with van der Waals surface area (Å²) in [6.45, 7) is 0. The molecule has 0 aliphatic heterocycles. The zero-order valence-electron chi connectivity index (χ0n) is 10.8. The Hall–Kier alpha value is -2.27. The zero-order valence-corrected chi connectivity index (χ0v) is 11.6. The van der Waals surface area contributed by atoms with Gasteiger partial charge in [0, 0.05) is 6.07 Å². The van der Waals surface area contributed by atoms with E-state index in [-0.39, 0.29) is 17.8 Å². The number of carbonyl (C=O) groups is 1. The topological polar surface area (TPSA) is 55.5 Å². The summed E-state index contributed by atoms with van der Waals surface area (Å²) in [4.78, 5) is 15.9. The third-order valence-corrected chi connectivity index (χ3v) is 3.01. The summed E-state index contributed by atoms with van der Waals surface area (Å²) < 4.78 is 26.3. The van der Waals surface area contributed by atoms with E-state index in [0.29, 0.717) is 16.8 Å². The number of para-hydroxylation sites is 1. The largest absolute Gasteiger partial charge is 0.387 e. The van der Waals surface area contributed by atoms with E-state index in [1.807, 2.05) is 0 Å². The Morgan fingerprint density at radius 1 is 1.19 bits per heavy atom. The Morgan fingerprint density at radius 3 is 2.57 bits per heavy atom. The zero-order chi connectivity index (χ0) is 15.4. The molecule has 0 spiro atoms. The first-order valence-electron chi connectivity index (χ1n) is 6.03. The minimum Gasteiger partial charge on any atom is -0.387 e. The molecule has 0 aliphatic rings. The van der Waals surface area contributed by atoms with Crippen molar-refractivity contribution in [3.05, 3.63) is 64.7 Å². The number of carbonyl (C=O) groups excluding carboxylic acids is 1. The van der Waals surface area contributed by atoms with E-state index in [2.05, 4.69) is 4.99 Å². The van der Waals surface area contributed by atoms with Crippen molar-refractivity contribution in [3.8, 4) is 0 Å². The average Bonchev–Trinajstić information content (AvgIpc) is 2.41. The van der Waals surface area contributed by atoms with Gasteiger partial charge in [-0.3, -0.25) is 4.79 Å². The maximum absolute atomic E-state index is 13.5. The standard InChI is InChI=1S/C15H11ClF2N2O/c16-11-3-1-2-4-13(11)20-15(19)8-14(21)10-6-5-9(17)7-12(10)18/h1-7H,8H2,(H2,19,20). The van der Waals surface area contributed by atoms with E-state index < -0.39 is 17.4 Å². The van der Waals surface area contributed by atoms with Crippen LogP contribution in [0.2, 0.25) is 5.02 Å². The van der Waals surface area contributed by atoms with Crippen LogP contribution in [0.3, 0.4) is 0 Å². The van der Waals surface area contributed by atoms with Gasteiger partial charge in [0.05, 0.1) is 22.7 Å². The van der Waals surface area contributed by atoms with Crippen molar-refractivity contribution in [1.29, 1.82) is 0 Å². The smallest absolute Gasteiger partial charge is 0.173 e. The maximum Gasteiger partial charge on any atom is 0.173 e. The van der Waals surface area contributed by atoms with Crippen LogP contribution in [0.5, 0.6) is 0 Å². The molecule has 2 aromatic rings. The Kier molecular flexibility index (Phi) is 4.65. The molecule has 2 aromatic carbocycles. The van der Waals surface area contributed by atoms with Gasteiger partial charge in [0.1, 0.15) is 17.5 Å². The van der Waals surface area contributed by atoms with Crippen molar-refractivity contribution < 1.29 is 13.6 Å². The van der Waals surface area contributed by atoms with Crippen molar-refractivity contribution >= 4 is 28.9 Å². The third kappa shape index (κ3) is 3.86. The second-order valence-electron chi connectivity index (χ2n) is 4.28. The van der Waals surface area contributed by atoms with Crippen molar-refractivity contribution in [2.45, 2.75) is 6.42 Å². The first-order chi connectivity index (χ1) is 9.97. The fraction of sp³-hybridized carbons (Fsp3) is 0.0667. The number of benzene rings is 2. The van der Waals surface area contributed by atoms with Gasteiger partial charge in [0.2, 0.25) is 0 Å². The van der Waals surface area contributed by atoms with Gasteiger partial charge in [-0.15, -0.1) is 0 Å². The van der Waals surface area contributed by atoms with Gasteiger partial charge >= 0.3 is 0 Å². The minimum atomic E-state index is -0.925. The number of hydrogen-bond acceptors (Lipinski definition) is 2. The van der Waals surface area contributed by atoms with E-state index in [1.165, 1.54) is 0 Å². The van der Waals surface area contributed by atoms with Gasteiger partial charge in [-0.25, -0.2) is 13.8 Å². The second kappa shape index (κ2) is 6.45. The monoisotopic (exact) mass is 308 g/mol. The highest BCUT2D eigenvalue weighted by Crippen LogP contribution is 2.24. The molecule has 0 saturated heterocycles. The Bertz CT molecular complexity index is 717. The molecule has 0 unspecified atom stereocenters. The lowest BCUT2D eigenvalue weighted by molar-refractivity contribution is 0.0996. The average molecular weight is 309 g/mol. The lowest BCUT2D eigenvalue weighted by Gasteiger charge is -2.04. The first-order valence-corrected chi connectivity index (χ1v) is 6.41. The minimum absolute atomic E-state index is 0.00294. The van der Waals surface area contributed by atoms with Crippen LogP contribution in [-0.2, 0) is 0 Å². The van der Waals surface area contributed by atoms with Gasteiger partial charge in [0.25, 0.3) is 0 Å². The van der Waals surface area contributed by atoms with E-state index in [9.17, 15) is 13.6 Å². The molecule has 0 atom stereocenters. The Morgan fingerprint density at radius 2 is 1.90 bits per heavy atom. The molecule has 0 aromatic heterocycles. The van der Waals surface area contributed by atoms with Gasteiger partial charge in [-0.1, -0.05) is 23.7 Å². The molecule has 6 heteroatoms. The van der Waals surface area contributed by atoms with Gasteiger partial charge in [0.15, 0.2) is 5.78 Å². The summed E-state index contributed by atoms with van der Waals surface area (Å²) in [5.41, 5.74) is 5.86. The van der Waals surface area contributed by atoms with Gasteiger partial charge in [-0.2, -0.15) is 0 Å². The number of ketones is 1. The highest BCUT2D eigenvalue weighted by atomic mass is 35.5. The highest BCUT2D eigenvalue weighted by molar-refractivity contribution is 6.33. The molecule has 21 heavy (non-hydrogen) atoms. The molecule has 2 N–H and O–H groups in total. The SMILES string of the molecule is NC(CC(=O)c1ccc(F)cc1F)=Nc1ccccc1Cl. The molecule has 2 rings (SSSR count). The number of hydrogen-bond donors (Lipinski definition) is 1. The van der Waals surface area contributed by atoms with Crippen LogP contribution >= 0.6 is 11.6 Å². The predicted molar refractivity (Wildman–Crippen MR) is 78.0 cm³/mol. The molecule has 0 aliphatic carbocycles. The molecular weight excluding hydrogens is 298 g/mol. The molecule has 0 amide bonds. The number of amidine groups is 1. The summed E-state index contributed by atoms with van der Waals surface area (Å²) in [6.07, 6.45) is -0.284. The molecular formula is C15H11ClF2N2O. The number of rotatable bonds is 4. The number of aliphatic imine (C=N–C) groups is 1. The molecule has 3 nitrogen and oxygen atoms in total. The van der Waals surface area contributed by atoms with E-state index in [4.69, 9.17) is 17.3 Å². The summed E-state index contributed by atoms with van der Waals surface area (Å²) in [7, 11) is 0. The van der Waals surface area contributed by atoms with E-state index >= 15 is 0 Å². The van der Waals surface area contributed by atoms with Crippen LogP contribution in [0.1, 0.15) is 16.8 Å². The lowest BCUT2D eigenvalue weighted by atomic mass is 10.1. The normalized spacial score (nSPS) is 11.5. The van der Waals surface area contributed by atoms with Gasteiger partial charge in [-0.05, 0) is 24.3 Å². The second-order valence-corrected chi connectivity index (χ2v) is 4.69. The van der Waals surface area contributed by atoms with Crippen LogP contribution in [-0.4, -0.2) is 11.6 Å². The quantitative estimate of drug-likeness (QED) is 0.529. The van der Waals surface area contributed by atoms with Crippen molar-refractivity contribution in [2.24, 2.45) is 10.7 Å². The highest BCUT2D eigenvalue weighted by Gasteiger charge is 2.14. The van der Waals surface area contributed by atoms with Gasteiger partial charge < -0.3 is 5.73 Å². The van der Waals surface area contributed by atoms with E-state index in [1.54, 1.807) is 24.3 Å². The molecule has 108 valence electrons. The Balaban J connectivity index is 2.17. The van der Waals surface area contributed by atoms with Crippen LogP contribution < -0.4 is 5.73 Å². The number of nitrogens with zero attached hydrogens (tertiary/aromatic N) is 1. The lowest BCUT2D eigenvalue weighted by Crippen LogP contribution is -2.17.